The van der Waals surface area contributed by atoms with Crippen molar-refractivity contribution in [3.8, 4) is 16.9 Å². The van der Waals surface area contributed by atoms with Gasteiger partial charge in [0.2, 0.25) is 0 Å². The van der Waals surface area contributed by atoms with E-state index in [0.717, 1.165) is 5.56 Å². The summed E-state index contributed by atoms with van der Waals surface area (Å²) in [7, 11) is 0. The van der Waals surface area contributed by atoms with Crippen LogP contribution in [0.5, 0.6) is 5.75 Å². The molecule has 0 radical (unpaired) electrons. The lowest BCUT2D eigenvalue weighted by molar-refractivity contribution is -0.274. The van der Waals surface area contributed by atoms with Crippen molar-refractivity contribution in [2.75, 3.05) is 0 Å². The van der Waals surface area contributed by atoms with Crippen LogP contribution in [-0.4, -0.2) is 17.9 Å². The van der Waals surface area contributed by atoms with Gasteiger partial charge < -0.3 is 9.84 Å². The molecular formula is C8H5F3O3. The molecule has 2 rings (SSSR count). The Morgan fingerprint density at radius 2 is 1.93 bits per heavy atom. The van der Waals surface area contributed by atoms with Crippen LogP contribution in [0.15, 0.2) is 18.2 Å². The van der Waals surface area contributed by atoms with Gasteiger partial charge in [-0.2, -0.15) is 0 Å². The SMILES string of the molecule is FC(F)(F)Oc1cc2ccc1-2.O=CO. The third-order valence-electron chi connectivity index (χ3n) is 1.52. The Hall–Kier alpha value is -1.72. The molecule has 14 heavy (non-hydrogen) atoms. The van der Waals surface area contributed by atoms with Gasteiger partial charge in [0.1, 0.15) is 5.75 Å². The zero-order chi connectivity index (χ0) is 10.8. The molecule has 3 nitrogen and oxygen atoms in total. The highest BCUT2D eigenvalue weighted by molar-refractivity contribution is 5.84. The van der Waals surface area contributed by atoms with Crippen molar-refractivity contribution in [3.05, 3.63) is 18.2 Å². The third kappa shape index (κ3) is 2.15. The molecule has 0 aromatic carbocycles. The van der Waals surface area contributed by atoms with Crippen molar-refractivity contribution in [3.63, 3.8) is 0 Å². The maximum absolute atomic E-state index is 11.5. The first-order chi connectivity index (χ1) is 6.48. The number of carboxylic acid groups (broad SMARTS) is 1. The molecule has 0 unspecified atom stereocenters. The van der Waals surface area contributed by atoms with Crippen LogP contribution in [-0.2, 0) is 4.79 Å². The van der Waals surface area contributed by atoms with Crippen LogP contribution in [0, 0.1) is 0 Å². The summed E-state index contributed by atoms with van der Waals surface area (Å²) in [6, 6.07) is 4.69. The molecule has 0 spiro atoms. The fraction of sp³-hybridized carbons (Fsp3) is 0.125. The standard InChI is InChI=1S/C7H3F3O.CH2O2/c8-7(9,10)11-6-3-4-1-2-5(4)6;2-1-3/h1-3H;1H,(H,2,3). The van der Waals surface area contributed by atoms with Crippen LogP contribution in [0.25, 0.3) is 11.1 Å². The van der Waals surface area contributed by atoms with E-state index in [2.05, 4.69) is 4.74 Å². The van der Waals surface area contributed by atoms with Crippen LogP contribution < -0.4 is 4.74 Å². The second-order valence-electron chi connectivity index (χ2n) is 2.36. The van der Waals surface area contributed by atoms with Crippen LogP contribution in [0.1, 0.15) is 0 Å². The predicted octanol–water partition coefficient (Wildman–Crippen LogP) is 2.27. The highest BCUT2D eigenvalue weighted by atomic mass is 19.4. The first-order valence-electron chi connectivity index (χ1n) is 3.46. The molecule has 0 aromatic heterocycles. The minimum atomic E-state index is -4.56. The second kappa shape index (κ2) is 3.57. The Bertz CT molecular complexity index is 346. The average Bonchev–Trinajstić information content (AvgIpc) is 1.97. The number of hydrogen-bond acceptors (Lipinski definition) is 2. The molecule has 0 saturated carbocycles. The Labute approximate surface area is 76.7 Å². The van der Waals surface area contributed by atoms with Crippen molar-refractivity contribution in [2.24, 2.45) is 0 Å². The number of halogens is 3. The van der Waals surface area contributed by atoms with Gasteiger partial charge >= 0.3 is 6.36 Å². The molecule has 2 aliphatic carbocycles. The molecule has 0 aliphatic heterocycles. The largest absolute Gasteiger partial charge is 0.573 e. The molecule has 0 atom stereocenters. The fourth-order valence-electron chi connectivity index (χ4n) is 0.964. The molecule has 76 valence electrons. The number of alkyl halides is 3. The van der Waals surface area contributed by atoms with Crippen LogP contribution in [0.4, 0.5) is 13.2 Å². The predicted molar refractivity (Wildman–Crippen MR) is 40.8 cm³/mol. The summed E-state index contributed by atoms with van der Waals surface area (Å²) in [6.07, 6.45) is -4.56. The van der Waals surface area contributed by atoms with Crippen molar-refractivity contribution in [1.29, 1.82) is 0 Å². The summed E-state index contributed by atoms with van der Waals surface area (Å²) in [5.41, 5.74) is 1.41. The molecular weight excluding hydrogens is 201 g/mol. The van der Waals surface area contributed by atoms with Gasteiger partial charge in [-0.15, -0.1) is 13.2 Å². The molecule has 2 aliphatic rings. The summed E-state index contributed by atoms with van der Waals surface area (Å²) in [6.45, 7) is -0.250. The van der Waals surface area contributed by atoms with Crippen molar-refractivity contribution < 1.29 is 27.8 Å². The van der Waals surface area contributed by atoms with E-state index in [1.165, 1.54) is 6.07 Å². The Morgan fingerprint density at radius 3 is 2.14 bits per heavy atom. The minimum absolute atomic E-state index is 0.0741. The van der Waals surface area contributed by atoms with Gasteiger partial charge in [-0.25, -0.2) is 0 Å². The van der Waals surface area contributed by atoms with Gasteiger partial charge in [-0.05, 0) is 11.6 Å². The Balaban J connectivity index is 0.000000293. The molecule has 1 N–H and O–H groups in total. The Kier molecular flexibility index (Phi) is 2.64. The highest BCUT2D eigenvalue weighted by Gasteiger charge is 2.34. The van der Waals surface area contributed by atoms with E-state index in [0.29, 0.717) is 5.56 Å². The lowest BCUT2D eigenvalue weighted by Gasteiger charge is -2.21. The van der Waals surface area contributed by atoms with E-state index in [-0.39, 0.29) is 12.2 Å². The van der Waals surface area contributed by atoms with Gasteiger partial charge in [0.15, 0.2) is 0 Å². The zero-order valence-corrected chi connectivity index (χ0v) is 6.71. The summed E-state index contributed by atoms with van der Waals surface area (Å²) < 4.78 is 38.3. The molecule has 0 fully saturated rings. The highest BCUT2D eigenvalue weighted by Crippen LogP contribution is 2.44. The molecule has 0 bridgehead atoms. The quantitative estimate of drug-likeness (QED) is 0.728. The fourth-order valence-corrected chi connectivity index (χ4v) is 0.964. The van der Waals surface area contributed by atoms with Gasteiger partial charge in [0.05, 0.1) is 0 Å². The molecule has 0 heterocycles. The average molecular weight is 206 g/mol. The number of carbonyl (C=O) groups is 1. The van der Waals surface area contributed by atoms with E-state index in [9.17, 15) is 13.2 Å². The summed E-state index contributed by atoms with van der Waals surface area (Å²) in [4.78, 5) is 8.36. The topological polar surface area (TPSA) is 46.5 Å². The van der Waals surface area contributed by atoms with Gasteiger partial charge in [-0.1, -0.05) is 12.1 Å². The van der Waals surface area contributed by atoms with E-state index < -0.39 is 6.36 Å². The summed E-state index contributed by atoms with van der Waals surface area (Å²) in [5, 5.41) is 6.89. The molecule has 6 heteroatoms. The maximum Gasteiger partial charge on any atom is 0.573 e. The summed E-state index contributed by atoms with van der Waals surface area (Å²) >= 11 is 0. The number of hydrogen-bond donors (Lipinski definition) is 1. The molecule has 0 amide bonds. The van der Waals surface area contributed by atoms with E-state index >= 15 is 0 Å². The lowest BCUT2D eigenvalue weighted by Crippen LogP contribution is -2.19. The van der Waals surface area contributed by atoms with E-state index in [1.54, 1.807) is 12.1 Å². The molecule has 0 saturated heterocycles. The normalized spacial score (nSPS) is 11.1. The number of rotatable bonds is 1. The van der Waals surface area contributed by atoms with Crippen molar-refractivity contribution in [2.45, 2.75) is 6.36 Å². The van der Waals surface area contributed by atoms with E-state index in [4.69, 9.17) is 9.90 Å². The minimum Gasteiger partial charge on any atom is -0.483 e. The smallest absolute Gasteiger partial charge is 0.483 e. The molecule has 0 aromatic rings. The van der Waals surface area contributed by atoms with Gasteiger partial charge in [0, 0.05) is 5.56 Å². The number of benzene rings is 1. The maximum atomic E-state index is 11.5. The first kappa shape index (κ1) is 10.4. The number of fused-ring (bicyclic) bond motifs is 1. The lowest BCUT2D eigenvalue weighted by atomic mass is 9.92. The van der Waals surface area contributed by atoms with Crippen LogP contribution >= 0.6 is 0 Å². The van der Waals surface area contributed by atoms with Crippen molar-refractivity contribution >= 4 is 6.47 Å². The summed E-state index contributed by atoms with van der Waals surface area (Å²) in [5.74, 6) is -0.0741. The van der Waals surface area contributed by atoms with E-state index in [1.807, 2.05) is 0 Å². The Morgan fingerprint density at radius 1 is 1.36 bits per heavy atom. The number of ether oxygens (including phenoxy) is 1. The zero-order valence-electron chi connectivity index (χ0n) is 6.71. The van der Waals surface area contributed by atoms with Crippen molar-refractivity contribution in [1.82, 2.24) is 0 Å². The van der Waals surface area contributed by atoms with Gasteiger partial charge in [-0.3, -0.25) is 4.79 Å². The third-order valence-corrected chi connectivity index (χ3v) is 1.52. The second-order valence-corrected chi connectivity index (χ2v) is 2.36. The monoisotopic (exact) mass is 206 g/mol. The van der Waals surface area contributed by atoms with Gasteiger partial charge in [0.25, 0.3) is 6.47 Å². The first-order valence-corrected chi connectivity index (χ1v) is 3.46. The van der Waals surface area contributed by atoms with Crippen LogP contribution in [0.2, 0.25) is 0 Å². The van der Waals surface area contributed by atoms with Crippen LogP contribution in [0.3, 0.4) is 0 Å².